The molecule has 0 spiro atoms. The van der Waals surface area contributed by atoms with Crippen LogP contribution in [0.2, 0.25) is 0 Å². The minimum absolute atomic E-state index is 0.119. The van der Waals surface area contributed by atoms with Crippen LogP contribution in [0, 0.1) is 0 Å². The molecule has 35 heavy (non-hydrogen) atoms. The molecule has 0 atom stereocenters. The molecule has 0 unspecified atom stereocenters. The van der Waals surface area contributed by atoms with E-state index in [9.17, 15) is 9.59 Å². The highest BCUT2D eigenvalue weighted by atomic mass is 32.2. The maximum Gasteiger partial charge on any atom is 0.248 e. The smallest absolute Gasteiger partial charge is 0.248 e. The zero-order chi connectivity index (χ0) is 24.3. The molecular weight excluding hydrogens is 456 g/mol. The summed E-state index contributed by atoms with van der Waals surface area (Å²) in [6, 6.07) is 33.8. The first-order valence-corrected chi connectivity index (χ1v) is 12.0. The molecule has 174 valence electrons. The molecule has 4 aromatic carbocycles. The highest BCUT2D eigenvalue weighted by Gasteiger charge is 2.06. The molecule has 0 fully saturated rings. The number of para-hydroxylation sites is 1. The Morgan fingerprint density at radius 2 is 1.40 bits per heavy atom. The van der Waals surface area contributed by atoms with Gasteiger partial charge in [-0.3, -0.25) is 9.59 Å². The van der Waals surface area contributed by atoms with Gasteiger partial charge in [-0.15, -0.1) is 11.8 Å². The minimum Gasteiger partial charge on any atom is -0.457 e. The van der Waals surface area contributed by atoms with Gasteiger partial charge in [0.15, 0.2) is 0 Å². The number of ether oxygens (including phenoxy) is 1. The van der Waals surface area contributed by atoms with Gasteiger partial charge >= 0.3 is 0 Å². The molecule has 2 amide bonds. The van der Waals surface area contributed by atoms with E-state index in [2.05, 4.69) is 10.6 Å². The predicted molar refractivity (Wildman–Crippen MR) is 143 cm³/mol. The first kappa shape index (κ1) is 23.9. The summed E-state index contributed by atoms with van der Waals surface area (Å²) in [4.78, 5) is 25.5. The zero-order valence-corrected chi connectivity index (χ0v) is 19.7. The number of benzene rings is 4. The van der Waals surface area contributed by atoms with E-state index in [1.165, 1.54) is 17.8 Å². The van der Waals surface area contributed by atoms with Gasteiger partial charge in [0.1, 0.15) is 11.5 Å². The van der Waals surface area contributed by atoms with Crippen molar-refractivity contribution < 1.29 is 14.3 Å². The van der Waals surface area contributed by atoms with E-state index in [4.69, 9.17) is 4.74 Å². The van der Waals surface area contributed by atoms with Crippen LogP contribution >= 0.6 is 11.8 Å². The van der Waals surface area contributed by atoms with E-state index in [0.717, 1.165) is 16.2 Å². The number of nitrogens with one attached hydrogen (secondary N) is 2. The Morgan fingerprint density at radius 3 is 2.14 bits per heavy atom. The van der Waals surface area contributed by atoms with Crippen molar-refractivity contribution in [3.05, 3.63) is 121 Å². The Morgan fingerprint density at radius 1 is 0.714 bits per heavy atom. The second-order valence-corrected chi connectivity index (χ2v) is 8.59. The van der Waals surface area contributed by atoms with Crippen molar-refractivity contribution in [2.24, 2.45) is 0 Å². The maximum atomic E-state index is 12.4. The molecule has 0 saturated heterocycles. The Hall–Kier alpha value is -4.29. The molecule has 0 heterocycles. The third-order valence-corrected chi connectivity index (χ3v) is 5.81. The van der Waals surface area contributed by atoms with E-state index in [0.29, 0.717) is 17.1 Å². The topological polar surface area (TPSA) is 67.4 Å². The Bertz CT molecular complexity index is 1290. The predicted octanol–water partition coefficient (Wildman–Crippen LogP) is 6.86. The Kier molecular flexibility index (Phi) is 8.35. The van der Waals surface area contributed by atoms with Gasteiger partial charge in [0.25, 0.3) is 0 Å². The fourth-order valence-electron chi connectivity index (χ4n) is 3.16. The third kappa shape index (κ3) is 7.91. The van der Waals surface area contributed by atoms with Gasteiger partial charge in [0.05, 0.1) is 5.75 Å². The average molecular weight is 481 g/mol. The molecule has 0 bridgehead atoms. The van der Waals surface area contributed by atoms with E-state index in [1.54, 1.807) is 18.2 Å². The standard InChI is InChI=1S/C29H24N2O3S/c32-28(19-14-22-8-3-1-4-9-22)31-24-10-7-13-27(20-24)35-21-29(33)30-23-15-17-26(18-16-23)34-25-11-5-2-6-12-25/h1-20H,21H2,(H,30,33)(H,31,32)/b19-14+. The summed E-state index contributed by atoms with van der Waals surface area (Å²) in [6.07, 6.45) is 3.26. The largest absolute Gasteiger partial charge is 0.457 e. The second kappa shape index (κ2) is 12.3. The molecule has 0 radical (unpaired) electrons. The molecule has 0 aliphatic rings. The van der Waals surface area contributed by atoms with E-state index < -0.39 is 0 Å². The van der Waals surface area contributed by atoms with Gasteiger partial charge < -0.3 is 15.4 Å². The molecule has 4 aromatic rings. The van der Waals surface area contributed by atoms with Crippen LogP contribution in [0.25, 0.3) is 6.08 Å². The van der Waals surface area contributed by atoms with Crippen LogP contribution in [0.5, 0.6) is 11.5 Å². The van der Waals surface area contributed by atoms with Crippen LogP contribution < -0.4 is 15.4 Å². The zero-order valence-electron chi connectivity index (χ0n) is 18.9. The van der Waals surface area contributed by atoms with E-state index in [1.807, 2.05) is 97.1 Å². The van der Waals surface area contributed by atoms with Gasteiger partial charge in [-0.2, -0.15) is 0 Å². The lowest BCUT2D eigenvalue weighted by molar-refractivity contribution is -0.114. The number of carbonyl (C=O) groups is 2. The number of anilines is 2. The van der Waals surface area contributed by atoms with E-state index in [-0.39, 0.29) is 17.6 Å². The molecule has 0 saturated carbocycles. The Balaban J connectivity index is 1.25. The molecule has 0 aliphatic carbocycles. The molecule has 2 N–H and O–H groups in total. The van der Waals surface area contributed by atoms with E-state index >= 15 is 0 Å². The van der Waals surface area contributed by atoms with Crippen LogP contribution in [0.4, 0.5) is 11.4 Å². The van der Waals surface area contributed by atoms with Crippen LogP contribution in [-0.4, -0.2) is 17.6 Å². The molecule has 6 heteroatoms. The lowest BCUT2D eigenvalue weighted by Gasteiger charge is -2.09. The van der Waals surface area contributed by atoms with Crippen molar-refractivity contribution in [1.29, 1.82) is 0 Å². The van der Waals surface area contributed by atoms with Crippen LogP contribution in [0.15, 0.2) is 120 Å². The number of hydrogen-bond acceptors (Lipinski definition) is 4. The average Bonchev–Trinajstić information content (AvgIpc) is 2.89. The normalized spacial score (nSPS) is 10.6. The fraction of sp³-hybridized carbons (Fsp3) is 0.0345. The first-order valence-electron chi connectivity index (χ1n) is 11.0. The van der Waals surface area contributed by atoms with Crippen LogP contribution in [0.1, 0.15) is 5.56 Å². The number of thioether (sulfide) groups is 1. The maximum absolute atomic E-state index is 12.4. The minimum atomic E-state index is -0.214. The third-order valence-electron chi connectivity index (χ3n) is 4.82. The van der Waals surface area contributed by atoms with Crippen molar-refractivity contribution in [3.8, 4) is 11.5 Å². The highest BCUT2D eigenvalue weighted by Crippen LogP contribution is 2.24. The van der Waals surface area contributed by atoms with Crippen molar-refractivity contribution in [2.45, 2.75) is 4.90 Å². The molecule has 0 aromatic heterocycles. The number of carbonyl (C=O) groups excluding carboxylic acids is 2. The summed E-state index contributed by atoms with van der Waals surface area (Å²) in [5.74, 6) is 1.36. The number of amides is 2. The number of rotatable bonds is 9. The lowest BCUT2D eigenvalue weighted by atomic mass is 10.2. The van der Waals surface area contributed by atoms with Crippen molar-refractivity contribution in [1.82, 2.24) is 0 Å². The van der Waals surface area contributed by atoms with Crippen LogP contribution in [-0.2, 0) is 9.59 Å². The second-order valence-electron chi connectivity index (χ2n) is 7.54. The van der Waals surface area contributed by atoms with Gasteiger partial charge in [-0.1, -0.05) is 54.6 Å². The molecule has 0 aliphatic heterocycles. The molecule has 4 rings (SSSR count). The van der Waals surface area contributed by atoms with Crippen LogP contribution in [0.3, 0.4) is 0 Å². The van der Waals surface area contributed by atoms with Gasteiger partial charge in [-0.25, -0.2) is 0 Å². The first-order chi connectivity index (χ1) is 17.1. The quantitative estimate of drug-likeness (QED) is 0.203. The summed E-state index contributed by atoms with van der Waals surface area (Å²) in [6.45, 7) is 0. The summed E-state index contributed by atoms with van der Waals surface area (Å²) in [5.41, 5.74) is 2.32. The fourth-order valence-corrected chi connectivity index (χ4v) is 3.92. The SMILES string of the molecule is O=C(/C=C/c1ccccc1)Nc1cccc(SCC(=O)Nc2ccc(Oc3ccccc3)cc2)c1. The Labute approximate surface area is 208 Å². The summed E-state index contributed by atoms with van der Waals surface area (Å²) < 4.78 is 5.77. The molecule has 5 nitrogen and oxygen atoms in total. The molecular formula is C29H24N2O3S. The van der Waals surface area contributed by atoms with Gasteiger partial charge in [0.2, 0.25) is 11.8 Å². The van der Waals surface area contributed by atoms with Gasteiger partial charge in [0, 0.05) is 22.3 Å². The summed E-state index contributed by atoms with van der Waals surface area (Å²) >= 11 is 1.40. The lowest BCUT2D eigenvalue weighted by Crippen LogP contribution is -2.13. The van der Waals surface area contributed by atoms with Crippen molar-refractivity contribution in [3.63, 3.8) is 0 Å². The monoisotopic (exact) mass is 480 g/mol. The highest BCUT2D eigenvalue weighted by molar-refractivity contribution is 8.00. The van der Waals surface area contributed by atoms with Crippen molar-refractivity contribution in [2.75, 3.05) is 16.4 Å². The number of hydrogen-bond donors (Lipinski definition) is 2. The summed E-state index contributed by atoms with van der Waals surface area (Å²) in [7, 11) is 0. The van der Waals surface area contributed by atoms with Gasteiger partial charge in [-0.05, 0) is 66.2 Å². The van der Waals surface area contributed by atoms with Crippen molar-refractivity contribution >= 4 is 41.0 Å². The summed E-state index contributed by atoms with van der Waals surface area (Å²) in [5, 5.41) is 5.74.